The van der Waals surface area contributed by atoms with Gasteiger partial charge in [0.25, 0.3) is 0 Å². The minimum atomic E-state index is 0.0420. The Kier molecular flexibility index (Phi) is 7.09. The number of amides is 1. The van der Waals surface area contributed by atoms with E-state index >= 15 is 0 Å². The van der Waals surface area contributed by atoms with E-state index in [1.165, 1.54) is 0 Å². The Morgan fingerprint density at radius 3 is 2.70 bits per heavy atom. The third-order valence-corrected chi connectivity index (χ3v) is 3.21. The van der Waals surface area contributed by atoms with Crippen molar-refractivity contribution in [3.05, 3.63) is 29.8 Å². The second-order valence-corrected chi connectivity index (χ2v) is 5.41. The first kappa shape index (κ1) is 16.5. The zero-order valence-electron chi connectivity index (χ0n) is 12.9. The average Bonchev–Trinajstić information content (AvgIpc) is 2.44. The summed E-state index contributed by atoms with van der Waals surface area (Å²) in [5, 5.41) is 6.14. The number of methoxy groups -OCH3 is 1. The summed E-state index contributed by atoms with van der Waals surface area (Å²) in [6.45, 7) is 7.41. The van der Waals surface area contributed by atoms with E-state index in [-0.39, 0.29) is 11.9 Å². The van der Waals surface area contributed by atoms with Gasteiger partial charge in [0.05, 0.1) is 13.7 Å². The molecule has 2 N–H and O–H groups in total. The van der Waals surface area contributed by atoms with E-state index in [0.29, 0.717) is 12.5 Å². The SMILES string of the molecule is COc1cccc([C@H](C)NCC(=O)NCCC(C)C)c1. The summed E-state index contributed by atoms with van der Waals surface area (Å²) in [6.07, 6.45) is 1.01. The van der Waals surface area contributed by atoms with Gasteiger partial charge in [0.2, 0.25) is 5.91 Å². The summed E-state index contributed by atoms with van der Waals surface area (Å²) in [7, 11) is 1.65. The molecule has 0 fully saturated rings. The molecule has 0 aliphatic rings. The molecule has 1 aromatic carbocycles. The van der Waals surface area contributed by atoms with Gasteiger partial charge in [0.15, 0.2) is 0 Å². The molecule has 0 aliphatic carbocycles. The van der Waals surface area contributed by atoms with E-state index in [9.17, 15) is 4.79 Å². The van der Waals surface area contributed by atoms with E-state index in [4.69, 9.17) is 4.74 Å². The predicted molar refractivity (Wildman–Crippen MR) is 81.9 cm³/mol. The summed E-state index contributed by atoms with van der Waals surface area (Å²) in [5.74, 6) is 1.48. The first-order valence-corrected chi connectivity index (χ1v) is 7.17. The van der Waals surface area contributed by atoms with Crippen molar-refractivity contribution in [2.75, 3.05) is 20.2 Å². The Hall–Kier alpha value is -1.55. The zero-order valence-corrected chi connectivity index (χ0v) is 12.9. The second kappa shape index (κ2) is 8.59. The van der Waals surface area contributed by atoms with Gasteiger partial charge in [-0.1, -0.05) is 26.0 Å². The van der Waals surface area contributed by atoms with E-state index in [1.807, 2.05) is 31.2 Å². The molecule has 20 heavy (non-hydrogen) atoms. The van der Waals surface area contributed by atoms with Crippen LogP contribution in [-0.4, -0.2) is 26.1 Å². The first-order valence-electron chi connectivity index (χ1n) is 7.17. The molecule has 0 spiro atoms. The Bertz CT molecular complexity index is 419. The van der Waals surface area contributed by atoms with Crippen LogP contribution >= 0.6 is 0 Å². The predicted octanol–water partition coefficient (Wildman–Crippen LogP) is 2.51. The largest absolute Gasteiger partial charge is 0.497 e. The van der Waals surface area contributed by atoms with Gasteiger partial charge in [-0.2, -0.15) is 0 Å². The van der Waals surface area contributed by atoms with Crippen LogP contribution in [0.2, 0.25) is 0 Å². The molecule has 1 amide bonds. The van der Waals surface area contributed by atoms with Crippen molar-refractivity contribution < 1.29 is 9.53 Å². The van der Waals surface area contributed by atoms with Gasteiger partial charge in [0.1, 0.15) is 5.75 Å². The highest BCUT2D eigenvalue weighted by molar-refractivity contribution is 5.78. The number of rotatable bonds is 8. The summed E-state index contributed by atoms with van der Waals surface area (Å²) in [6, 6.07) is 7.98. The summed E-state index contributed by atoms with van der Waals surface area (Å²) >= 11 is 0. The molecular formula is C16H26N2O2. The molecule has 4 nitrogen and oxygen atoms in total. The molecule has 0 radical (unpaired) electrons. The highest BCUT2D eigenvalue weighted by atomic mass is 16.5. The molecule has 1 atom stereocenters. The molecule has 0 unspecified atom stereocenters. The average molecular weight is 278 g/mol. The minimum Gasteiger partial charge on any atom is -0.497 e. The molecule has 4 heteroatoms. The number of carbonyl (C=O) groups is 1. The molecule has 0 bridgehead atoms. The maximum absolute atomic E-state index is 11.7. The van der Waals surface area contributed by atoms with Crippen molar-refractivity contribution in [1.82, 2.24) is 10.6 Å². The van der Waals surface area contributed by atoms with Crippen molar-refractivity contribution in [1.29, 1.82) is 0 Å². The van der Waals surface area contributed by atoms with Gasteiger partial charge >= 0.3 is 0 Å². The summed E-state index contributed by atoms with van der Waals surface area (Å²) in [5.41, 5.74) is 1.11. The Balaban J connectivity index is 2.34. The van der Waals surface area contributed by atoms with Crippen LogP contribution in [0, 0.1) is 5.92 Å². The molecular weight excluding hydrogens is 252 g/mol. The van der Waals surface area contributed by atoms with E-state index < -0.39 is 0 Å². The van der Waals surface area contributed by atoms with Crippen LogP contribution in [0.3, 0.4) is 0 Å². The van der Waals surface area contributed by atoms with Gasteiger partial charge in [-0.3, -0.25) is 4.79 Å². The molecule has 0 aliphatic heterocycles. The first-order chi connectivity index (χ1) is 9.52. The van der Waals surface area contributed by atoms with Crippen molar-refractivity contribution in [2.45, 2.75) is 33.2 Å². The van der Waals surface area contributed by atoms with Crippen LogP contribution in [-0.2, 0) is 4.79 Å². The third kappa shape index (κ3) is 6.06. The van der Waals surface area contributed by atoms with Gasteiger partial charge in [0, 0.05) is 12.6 Å². The number of ether oxygens (including phenoxy) is 1. The summed E-state index contributed by atoms with van der Waals surface area (Å²) in [4.78, 5) is 11.7. The standard InChI is InChI=1S/C16H26N2O2/c1-12(2)8-9-17-16(19)11-18-13(3)14-6-5-7-15(10-14)20-4/h5-7,10,12-13,18H,8-9,11H2,1-4H3,(H,17,19)/t13-/m0/s1. The Morgan fingerprint density at radius 2 is 2.05 bits per heavy atom. The van der Waals surface area contributed by atoms with Gasteiger partial charge in [-0.25, -0.2) is 0 Å². The van der Waals surface area contributed by atoms with Gasteiger partial charge in [-0.15, -0.1) is 0 Å². The van der Waals surface area contributed by atoms with Crippen molar-refractivity contribution in [3.8, 4) is 5.75 Å². The number of carbonyl (C=O) groups excluding carboxylic acids is 1. The number of hydrogen-bond donors (Lipinski definition) is 2. The fraction of sp³-hybridized carbons (Fsp3) is 0.562. The van der Waals surface area contributed by atoms with E-state index in [1.54, 1.807) is 7.11 Å². The van der Waals surface area contributed by atoms with E-state index in [0.717, 1.165) is 24.3 Å². The molecule has 112 valence electrons. The van der Waals surface area contributed by atoms with Crippen LogP contribution in [0.25, 0.3) is 0 Å². The quantitative estimate of drug-likeness (QED) is 0.768. The Labute approximate surface area is 121 Å². The molecule has 0 saturated carbocycles. The number of benzene rings is 1. The van der Waals surface area contributed by atoms with Crippen molar-refractivity contribution >= 4 is 5.91 Å². The molecule has 0 saturated heterocycles. The molecule has 0 aromatic heterocycles. The van der Waals surface area contributed by atoms with Gasteiger partial charge < -0.3 is 15.4 Å². The number of hydrogen-bond acceptors (Lipinski definition) is 3. The lowest BCUT2D eigenvalue weighted by molar-refractivity contribution is -0.120. The smallest absolute Gasteiger partial charge is 0.233 e. The lowest BCUT2D eigenvalue weighted by Gasteiger charge is -2.15. The third-order valence-electron chi connectivity index (χ3n) is 3.21. The van der Waals surface area contributed by atoms with Crippen LogP contribution in [0.1, 0.15) is 38.8 Å². The fourth-order valence-electron chi connectivity index (χ4n) is 1.84. The maximum Gasteiger partial charge on any atom is 0.233 e. The van der Waals surface area contributed by atoms with E-state index in [2.05, 4.69) is 24.5 Å². The second-order valence-electron chi connectivity index (χ2n) is 5.41. The lowest BCUT2D eigenvalue weighted by atomic mass is 10.1. The normalized spacial score (nSPS) is 12.2. The highest BCUT2D eigenvalue weighted by Gasteiger charge is 2.08. The summed E-state index contributed by atoms with van der Waals surface area (Å²) < 4.78 is 5.20. The molecule has 0 heterocycles. The molecule has 1 aromatic rings. The van der Waals surface area contributed by atoms with Crippen LogP contribution in [0.5, 0.6) is 5.75 Å². The van der Waals surface area contributed by atoms with Crippen LogP contribution in [0.15, 0.2) is 24.3 Å². The zero-order chi connectivity index (χ0) is 15.0. The Morgan fingerprint density at radius 1 is 1.30 bits per heavy atom. The molecule has 1 rings (SSSR count). The maximum atomic E-state index is 11.7. The number of nitrogens with one attached hydrogen (secondary N) is 2. The fourth-order valence-corrected chi connectivity index (χ4v) is 1.84. The van der Waals surface area contributed by atoms with Crippen LogP contribution < -0.4 is 15.4 Å². The topological polar surface area (TPSA) is 50.4 Å². The van der Waals surface area contributed by atoms with Gasteiger partial charge in [-0.05, 0) is 37.0 Å². The van der Waals surface area contributed by atoms with Crippen molar-refractivity contribution in [3.63, 3.8) is 0 Å². The highest BCUT2D eigenvalue weighted by Crippen LogP contribution is 2.18. The van der Waals surface area contributed by atoms with Crippen molar-refractivity contribution in [2.24, 2.45) is 5.92 Å². The lowest BCUT2D eigenvalue weighted by Crippen LogP contribution is -2.35. The van der Waals surface area contributed by atoms with Crippen LogP contribution in [0.4, 0.5) is 0 Å². The monoisotopic (exact) mass is 278 g/mol. The minimum absolute atomic E-state index is 0.0420.